The molecule has 41 heavy (non-hydrogen) atoms. The first kappa shape index (κ1) is 27.9. The lowest BCUT2D eigenvalue weighted by Crippen LogP contribution is -2.30. The summed E-state index contributed by atoms with van der Waals surface area (Å²) in [7, 11) is 3.27. The standard InChI is InChI=1S/C32H35N5O4/c1-20-25(26-18-24(40-3)15-16-27(26)34-20)19-30(39)35-28(11-5-4-6-12-29(38)33-2)32-37-36-31(41-32)23-14-13-21-9-7-8-10-22(21)17-23/h7-10,13-18,28,34H,4-6,11-12,19H2,1-3H3,(H,33,38)(H,35,39)/t28-/m1/s1. The molecule has 0 bridgehead atoms. The number of H-pyrrole nitrogens is 1. The van der Waals surface area contributed by atoms with Gasteiger partial charge < -0.3 is 24.8 Å². The van der Waals surface area contributed by atoms with Gasteiger partial charge in [0.05, 0.1) is 13.5 Å². The topological polar surface area (TPSA) is 122 Å². The summed E-state index contributed by atoms with van der Waals surface area (Å²) in [5.74, 6) is 1.39. The van der Waals surface area contributed by atoms with Gasteiger partial charge in [-0.2, -0.15) is 0 Å². The van der Waals surface area contributed by atoms with Crippen molar-refractivity contribution in [2.75, 3.05) is 14.2 Å². The quantitative estimate of drug-likeness (QED) is 0.168. The molecule has 3 aromatic carbocycles. The highest BCUT2D eigenvalue weighted by molar-refractivity contribution is 5.91. The van der Waals surface area contributed by atoms with Gasteiger partial charge in [-0.05, 0) is 66.4 Å². The van der Waals surface area contributed by atoms with E-state index in [-0.39, 0.29) is 18.2 Å². The van der Waals surface area contributed by atoms with Crippen molar-refractivity contribution in [2.24, 2.45) is 0 Å². The molecule has 0 aliphatic rings. The van der Waals surface area contributed by atoms with E-state index >= 15 is 0 Å². The molecule has 5 rings (SSSR count). The molecular weight excluding hydrogens is 518 g/mol. The normalized spacial score (nSPS) is 12.0. The molecule has 1 atom stereocenters. The summed E-state index contributed by atoms with van der Waals surface area (Å²) < 4.78 is 11.5. The number of benzene rings is 3. The average molecular weight is 554 g/mol. The minimum atomic E-state index is -0.454. The zero-order valence-electron chi connectivity index (χ0n) is 23.6. The summed E-state index contributed by atoms with van der Waals surface area (Å²) >= 11 is 0. The van der Waals surface area contributed by atoms with Crippen LogP contribution in [-0.2, 0) is 16.0 Å². The van der Waals surface area contributed by atoms with Crippen molar-refractivity contribution >= 4 is 33.5 Å². The van der Waals surface area contributed by atoms with Crippen molar-refractivity contribution < 1.29 is 18.7 Å². The maximum atomic E-state index is 13.4. The molecule has 2 heterocycles. The van der Waals surface area contributed by atoms with E-state index in [1.807, 2.05) is 61.5 Å². The fourth-order valence-electron chi connectivity index (χ4n) is 5.13. The highest BCUT2D eigenvalue weighted by atomic mass is 16.5. The number of carbonyl (C=O) groups is 2. The Kier molecular flexibility index (Phi) is 8.62. The molecule has 0 fully saturated rings. The van der Waals surface area contributed by atoms with E-state index in [1.165, 1.54) is 0 Å². The van der Waals surface area contributed by atoms with Crippen LogP contribution in [0.4, 0.5) is 0 Å². The summed E-state index contributed by atoms with van der Waals surface area (Å²) in [5.41, 5.74) is 3.63. The van der Waals surface area contributed by atoms with Crippen LogP contribution >= 0.6 is 0 Å². The number of ether oxygens (including phenoxy) is 1. The van der Waals surface area contributed by atoms with E-state index in [0.29, 0.717) is 24.6 Å². The first-order valence-electron chi connectivity index (χ1n) is 13.9. The highest BCUT2D eigenvalue weighted by Crippen LogP contribution is 2.29. The van der Waals surface area contributed by atoms with Gasteiger partial charge in [0.2, 0.25) is 23.6 Å². The number of aromatic amines is 1. The number of aromatic nitrogens is 3. The third-order valence-electron chi connectivity index (χ3n) is 7.41. The number of hydrogen-bond donors (Lipinski definition) is 3. The van der Waals surface area contributed by atoms with Crippen LogP contribution in [0.15, 0.2) is 65.1 Å². The molecule has 0 saturated carbocycles. The van der Waals surface area contributed by atoms with Crippen LogP contribution in [0.25, 0.3) is 33.1 Å². The van der Waals surface area contributed by atoms with E-state index in [2.05, 4.69) is 31.9 Å². The second-order valence-electron chi connectivity index (χ2n) is 10.2. The highest BCUT2D eigenvalue weighted by Gasteiger charge is 2.23. The van der Waals surface area contributed by atoms with E-state index < -0.39 is 6.04 Å². The maximum absolute atomic E-state index is 13.4. The van der Waals surface area contributed by atoms with Crippen LogP contribution in [0, 0.1) is 6.92 Å². The Morgan fingerprint density at radius 1 is 0.976 bits per heavy atom. The zero-order chi connectivity index (χ0) is 28.8. The minimum absolute atomic E-state index is 0.0255. The lowest BCUT2D eigenvalue weighted by molar-refractivity contribution is -0.121. The molecule has 5 aromatic rings. The lowest BCUT2D eigenvalue weighted by atomic mass is 10.0. The first-order chi connectivity index (χ1) is 19.9. The third-order valence-corrected chi connectivity index (χ3v) is 7.41. The molecule has 2 amide bonds. The molecule has 3 N–H and O–H groups in total. The number of carbonyl (C=O) groups excluding carboxylic acids is 2. The smallest absolute Gasteiger partial charge is 0.247 e. The van der Waals surface area contributed by atoms with Gasteiger partial charge in [0.1, 0.15) is 11.8 Å². The molecular formula is C32H35N5O4. The van der Waals surface area contributed by atoms with Gasteiger partial charge in [0, 0.05) is 35.6 Å². The summed E-state index contributed by atoms with van der Waals surface area (Å²) in [6.45, 7) is 1.97. The number of aryl methyl sites for hydroxylation is 1. The van der Waals surface area contributed by atoms with Gasteiger partial charge >= 0.3 is 0 Å². The molecule has 212 valence electrons. The number of rotatable bonds is 12. The predicted molar refractivity (Wildman–Crippen MR) is 159 cm³/mol. The Morgan fingerprint density at radius 2 is 1.80 bits per heavy atom. The molecule has 0 aliphatic carbocycles. The largest absolute Gasteiger partial charge is 0.497 e. The molecule has 0 saturated heterocycles. The number of methoxy groups -OCH3 is 1. The van der Waals surface area contributed by atoms with Crippen molar-refractivity contribution in [2.45, 2.75) is 51.5 Å². The summed E-state index contributed by atoms with van der Waals surface area (Å²) in [6, 6.07) is 19.4. The van der Waals surface area contributed by atoms with E-state index in [9.17, 15) is 9.59 Å². The van der Waals surface area contributed by atoms with E-state index in [0.717, 1.165) is 63.5 Å². The van der Waals surface area contributed by atoms with Gasteiger partial charge in [-0.25, -0.2) is 0 Å². The Labute approximate surface area is 238 Å². The summed E-state index contributed by atoms with van der Waals surface area (Å²) in [6.07, 6.45) is 3.68. The van der Waals surface area contributed by atoms with Crippen molar-refractivity contribution in [3.8, 4) is 17.2 Å². The second kappa shape index (κ2) is 12.7. The first-order valence-corrected chi connectivity index (χ1v) is 13.9. The molecule has 0 radical (unpaired) electrons. The Bertz CT molecular complexity index is 1670. The van der Waals surface area contributed by atoms with Gasteiger partial charge in [-0.3, -0.25) is 9.59 Å². The monoisotopic (exact) mass is 553 g/mol. The summed E-state index contributed by atoms with van der Waals surface area (Å²) in [5, 5.41) is 17.6. The van der Waals surface area contributed by atoms with E-state index in [1.54, 1.807) is 14.2 Å². The van der Waals surface area contributed by atoms with Crippen LogP contribution < -0.4 is 15.4 Å². The zero-order valence-corrected chi connectivity index (χ0v) is 23.6. The number of nitrogens with zero attached hydrogens (tertiary/aromatic N) is 2. The Hall–Kier alpha value is -4.66. The number of fused-ring (bicyclic) bond motifs is 2. The maximum Gasteiger partial charge on any atom is 0.247 e. The molecule has 0 spiro atoms. The van der Waals surface area contributed by atoms with Crippen molar-refractivity contribution in [1.82, 2.24) is 25.8 Å². The van der Waals surface area contributed by atoms with Gasteiger partial charge in [-0.1, -0.05) is 43.2 Å². The molecule has 9 heteroatoms. The van der Waals surface area contributed by atoms with Crippen LogP contribution in [0.5, 0.6) is 5.75 Å². The molecule has 9 nitrogen and oxygen atoms in total. The Morgan fingerprint density at radius 3 is 2.61 bits per heavy atom. The third kappa shape index (κ3) is 6.57. The van der Waals surface area contributed by atoms with E-state index in [4.69, 9.17) is 9.15 Å². The fraction of sp³-hybridized carbons (Fsp3) is 0.312. The number of hydrogen-bond acceptors (Lipinski definition) is 6. The van der Waals surface area contributed by atoms with Crippen LogP contribution in [-0.4, -0.2) is 41.2 Å². The molecule has 2 aromatic heterocycles. The predicted octanol–water partition coefficient (Wildman–Crippen LogP) is 5.78. The van der Waals surface area contributed by atoms with Gasteiger partial charge in [0.25, 0.3) is 0 Å². The number of unbranched alkanes of at least 4 members (excludes halogenated alkanes) is 2. The number of nitrogens with one attached hydrogen (secondary N) is 3. The minimum Gasteiger partial charge on any atom is -0.497 e. The SMILES string of the molecule is CNC(=O)CCCCC[C@@H](NC(=O)Cc1c(C)[nH]c2ccc(OC)cc12)c1nnc(-c2ccc3ccccc3c2)o1. The second-order valence-corrected chi connectivity index (χ2v) is 10.2. The van der Waals surface area contributed by atoms with Crippen molar-refractivity contribution in [3.63, 3.8) is 0 Å². The fourth-order valence-corrected chi connectivity index (χ4v) is 5.13. The molecule has 0 aliphatic heterocycles. The van der Waals surface area contributed by atoms with Crippen LogP contribution in [0.3, 0.4) is 0 Å². The lowest BCUT2D eigenvalue weighted by Gasteiger charge is -2.15. The van der Waals surface area contributed by atoms with Gasteiger partial charge in [-0.15, -0.1) is 10.2 Å². The average Bonchev–Trinajstić information content (AvgIpc) is 3.60. The van der Waals surface area contributed by atoms with Gasteiger partial charge in [0.15, 0.2) is 0 Å². The van der Waals surface area contributed by atoms with Crippen LogP contribution in [0.1, 0.15) is 55.3 Å². The Balaban J connectivity index is 1.34. The number of amides is 2. The van der Waals surface area contributed by atoms with Crippen molar-refractivity contribution in [3.05, 3.63) is 77.8 Å². The molecule has 0 unspecified atom stereocenters. The van der Waals surface area contributed by atoms with Crippen LogP contribution in [0.2, 0.25) is 0 Å². The summed E-state index contributed by atoms with van der Waals surface area (Å²) in [4.78, 5) is 28.3. The van der Waals surface area contributed by atoms with Crippen molar-refractivity contribution in [1.29, 1.82) is 0 Å².